The maximum absolute atomic E-state index is 13.0. The molecule has 0 atom stereocenters. The molecule has 27 heavy (non-hydrogen) atoms. The lowest BCUT2D eigenvalue weighted by atomic mass is 9.87. The van der Waals surface area contributed by atoms with Crippen LogP contribution in [0.15, 0.2) is 52.9 Å². The standard InChI is InChI=1S/C21H22FN3O2/c1-21(2,3)15-6-10-17(11-7-15)23-18(26)12-13-19-24-25-20(27-19)14-4-8-16(22)9-5-14/h4-11H,12-13H2,1-3H3,(H,23,26). The largest absolute Gasteiger partial charge is 0.421 e. The van der Waals surface area contributed by atoms with Crippen LogP contribution < -0.4 is 5.32 Å². The van der Waals surface area contributed by atoms with E-state index in [4.69, 9.17) is 4.42 Å². The van der Waals surface area contributed by atoms with Crippen LogP contribution in [0.5, 0.6) is 0 Å². The molecule has 0 radical (unpaired) electrons. The van der Waals surface area contributed by atoms with Crippen LogP contribution in [0.4, 0.5) is 10.1 Å². The summed E-state index contributed by atoms with van der Waals surface area (Å²) in [6.07, 6.45) is 0.562. The smallest absolute Gasteiger partial charge is 0.247 e. The predicted octanol–water partition coefficient (Wildman–Crippen LogP) is 4.74. The summed E-state index contributed by atoms with van der Waals surface area (Å²) in [5.74, 6) is 0.224. The van der Waals surface area contributed by atoms with E-state index in [1.807, 2.05) is 24.3 Å². The molecule has 1 N–H and O–H groups in total. The third kappa shape index (κ3) is 5.00. The van der Waals surface area contributed by atoms with Gasteiger partial charge in [0.2, 0.25) is 17.7 Å². The number of amides is 1. The molecule has 140 valence electrons. The topological polar surface area (TPSA) is 68.0 Å². The Hall–Kier alpha value is -3.02. The predicted molar refractivity (Wildman–Crippen MR) is 102 cm³/mol. The fraction of sp³-hybridized carbons (Fsp3) is 0.286. The van der Waals surface area contributed by atoms with Gasteiger partial charge in [-0.1, -0.05) is 32.9 Å². The molecule has 3 rings (SSSR count). The normalized spacial score (nSPS) is 11.4. The van der Waals surface area contributed by atoms with Crippen LogP contribution in [0.25, 0.3) is 11.5 Å². The van der Waals surface area contributed by atoms with E-state index in [1.54, 1.807) is 12.1 Å². The molecular formula is C21H22FN3O2. The first-order valence-corrected chi connectivity index (χ1v) is 8.80. The Balaban J connectivity index is 1.54. The first kappa shape index (κ1) is 18.8. The summed E-state index contributed by atoms with van der Waals surface area (Å²) >= 11 is 0. The third-order valence-electron chi connectivity index (χ3n) is 4.16. The Morgan fingerprint density at radius 3 is 2.33 bits per heavy atom. The van der Waals surface area contributed by atoms with Crippen LogP contribution >= 0.6 is 0 Å². The van der Waals surface area contributed by atoms with Crippen LogP contribution in [-0.4, -0.2) is 16.1 Å². The summed E-state index contributed by atoms with van der Waals surface area (Å²) in [6, 6.07) is 13.6. The number of hydrogen-bond donors (Lipinski definition) is 1. The molecule has 0 bridgehead atoms. The summed E-state index contributed by atoms with van der Waals surface area (Å²) in [7, 11) is 0. The Bertz CT molecular complexity index is 910. The monoisotopic (exact) mass is 367 g/mol. The van der Waals surface area contributed by atoms with E-state index in [1.165, 1.54) is 17.7 Å². The van der Waals surface area contributed by atoms with E-state index in [-0.39, 0.29) is 23.6 Å². The average molecular weight is 367 g/mol. The molecule has 5 nitrogen and oxygen atoms in total. The van der Waals surface area contributed by atoms with Gasteiger partial charge in [0.05, 0.1) is 0 Å². The second kappa shape index (κ2) is 7.70. The second-order valence-corrected chi connectivity index (χ2v) is 7.38. The summed E-state index contributed by atoms with van der Waals surface area (Å²) in [6.45, 7) is 6.43. The summed E-state index contributed by atoms with van der Waals surface area (Å²) in [4.78, 5) is 12.1. The highest BCUT2D eigenvalue weighted by atomic mass is 19.1. The molecule has 3 aromatic rings. The van der Waals surface area contributed by atoms with E-state index in [0.717, 1.165) is 5.69 Å². The molecule has 0 fully saturated rings. The van der Waals surface area contributed by atoms with Crippen molar-refractivity contribution in [2.24, 2.45) is 0 Å². The zero-order chi connectivity index (χ0) is 19.4. The molecule has 0 spiro atoms. The van der Waals surface area contributed by atoms with Crippen molar-refractivity contribution in [3.63, 3.8) is 0 Å². The number of benzene rings is 2. The van der Waals surface area contributed by atoms with Crippen molar-refractivity contribution < 1.29 is 13.6 Å². The molecule has 2 aromatic carbocycles. The van der Waals surface area contributed by atoms with Crippen molar-refractivity contribution in [3.05, 3.63) is 65.8 Å². The third-order valence-corrected chi connectivity index (χ3v) is 4.16. The van der Waals surface area contributed by atoms with Gasteiger partial charge in [0.15, 0.2) is 0 Å². The van der Waals surface area contributed by atoms with Crippen molar-refractivity contribution in [2.45, 2.75) is 39.0 Å². The highest BCUT2D eigenvalue weighted by Crippen LogP contribution is 2.23. The van der Waals surface area contributed by atoms with E-state index in [0.29, 0.717) is 23.8 Å². The second-order valence-electron chi connectivity index (χ2n) is 7.38. The van der Waals surface area contributed by atoms with E-state index < -0.39 is 0 Å². The lowest BCUT2D eigenvalue weighted by Crippen LogP contribution is -2.14. The number of nitrogens with one attached hydrogen (secondary N) is 1. The fourth-order valence-corrected chi connectivity index (χ4v) is 2.56. The van der Waals surface area contributed by atoms with Gasteiger partial charge < -0.3 is 9.73 Å². The Labute approximate surface area is 157 Å². The van der Waals surface area contributed by atoms with Gasteiger partial charge >= 0.3 is 0 Å². The molecule has 0 aliphatic rings. The zero-order valence-corrected chi connectivity index (χ0v) is 15.6. The Morgan fingerprint density at radius 2 is 1.70 bits per heavy atom. The van der Waals surface area contributed by atoms with Crippen LogP contribution in [-0.2, 0) is 16.6 Å². The highest BCUT2D eigenvalue weighted by Gasteiger charge is 2.14. The number of rotatable bonds is 5. The molecule has 0 unspecified atom stereocenters. The van der Waals surface area contributed by atoms with Gasteiger partial charge in [-0.3, -0.25) is 4.79 Å². The quantitative estimate of drug-likeness (QED) is 0.707. The van der Waals surface area contributed by atoms with Gasteiger partial charge in [0.25, 0.3) is 0 Å². The highest BCUT2D eigenvalue weighted by molar-refractivity contribution is 5.90. The number of carbonyl (C=O) groups excluding carboxylic acids is 1. The molecule has 1 aromatic heterocycles. The molecule has 0 aliphatic carbocycles. The van der Waals surface area contributed by atoms with Crippen molar-refractivity contribution in [1.29, 1.82) is 0 Å². The van der Waals surface area contributed by atoms with Crippen molar-refractivity contribution >= 4 is 11.6 Å². The van der Waals surface area contributed by atoms with Gasteiger partial charge in [-0.15, -0.1) is 10.2 Å². The minimum Gasteiger partial charge on any atom is -0.421 e. The number of halogens is 1. The number of nitrogens with zero attached hydrogens (tertiary/aromatic N) is 2. The number of hydrogen-bond acceptors (Lipinski definition) is 4. The maximum atomic E-state index is 13.0. The molecule has 0 saturated carbocycles. The lowest BCUT2D eigenvalue weighted by molar-refractivity contribution is -0.116. The summed E-state index contributed by atoms with van der Waals surface area (Å²) in [5.41, 5.74) is 2.67. The molecule has 1 heterocycles. The first-order valence-electron chi connectivity index (χ1n) is 8.80. The van der Waals surface area contributed by atoms with E-state index in [9.17, 15) is 9.18 Å². The van der Waals surface area contributed by atoms with E-state index in [2.05, 4.69) is 36.3 Å². The van der Waals surface area contributed by atoms with Gasteiger partial charge in [0, 0.05) is 24.1 Å². The average Bonchev–Trinajstić information content (AvgIpc) is 3.09. The van der Waals surface area contributed by atoms with Gasteiger partial charge in [-0.25, -0.2) is 4.39 Å². The van der Waals surface area contributed by atoms with Gasteiger partial charge in [-0.2, -0.15) is 0 Å². The van der Waals surface area contributed by atoms with Crippen LogP contribution in [0.2, 0.25) is 0 Å². The minimum absolute atomic E-state index is 0.0721. The molecule has 0 aliphatic heterocycles. The minimum atomic E-state index is -0.328. The Morgan fingerprint density at radius 1 is 1.04 bits per heavy atom. The van der Waals surface area contributed by atoms with E-state index >= 15 is 0 Å². The van der Waals surface area contributed by atoms with Crippen molar-refractivity contribution in [2.75, 3.05) is 5.32 Å². The Kier molecular flexibility index (Phi) is 5.35. The van der Waals surface area contributed by atoms with Crippen LogP contribution in [0.1, 0.15) is 38.6 Å². The van der Waals surface area contributed by atoms with Crippen LogP contribution in [0, 0.1) is 5.82 Å². The van der Waals surface area contributed by atoms with Crippen molar-refractivity contribution in [1.82, 2.24) is 10.2 Å². The number of aromatic nitrogens is 2. The summed E-state index contributed by atoms with van der Waals surface area (Å²) in [5, 5.41) is 10.7. The number of aryl methyl sites for hydroxylation is 1. The summed E-state index contributed by atoms with van der Waals surface area (Å²) < 4.78 is 18.5. The first-order chi connectivity index (χ1) is 12.8. The maximum Gasteiger partial charge on any atom is 0.247 e. The zero-order valence-electron chi connectivity index (χ0n) is 15.6. The molecular weight excluding hydrogens is 345 g/mol. The van der Waals surface area contributed by atoms with Gasteiger partial charge in [0.1, 0.15) is 5.82 Å². The van der Waals surface area contributed by atoms with Crippen molar-refractivity contribution in [3.8, 4) is 11.5 Å². The number of anilines is 1. The SMILES string of the molecule is CC(C)(C)c1ccc(NC(=O)CCc2nnc(-c3ccc(F)cc3)o2)cc1. The number of carbonyl (C=O) groups is 1. The molecule has 6 heteroatoms. The lowest BCUT2D eigenvalue weighted by Gasteiger charge is -2.19. The fourth-order valence-electron chi connectivity index (χ4n) is 2.56. The molecule has 0 saturated heterocycles. The van der Waals surface area contributed by atoms with Crippen LogP contribution in [0.3, 0.4) is 0 Å². The van der Waals surface area contributed by atoms with Gasteiger partial charge in [-0.05, 0) is 47.4 Å². The molecule has 1 amide bonds.